The van der Waals surface area contributed by atoms with Gasteiger partial charge in [0.15, 0.2) is 5.82 Å². The summed E-state index contributed by atoms with van der Waals surface area (Å²) in [7, 11) is -3.12. The molecule has 0 radical (unpaired) electrons. The van der Waals surface area contributed by atoms with E-state index in [1.54, 1.807) is 0 Å². The van der Waals surface area contributed by atoms with Gasteiger partial charge in [-0.05, 0) is 37.8 Å². The first-order chi connectivity index (χ1) is 10.4. The molecule has 1 atom stereocenters. The Balaban J connectivity index is 1.48. The summed E-state index contributed by atoms with van der Waals surface area (Å²) in [5, 5.41) is 8.27. The lowest BCUT2D eigenvalue weighted by Crippen LogP contribution is -2.65. The van der Waals surface area contributed by atoms with Gasteiger partial charge in [-0.3, -0.25) is 0 Å². The van der Waals surface area contributed by atoms with Crippen molar-refractivity contribution in [2.45, 2.75) is 25.4 Å². The molecule has 2 saturated heterocycles. The molecule has 1 aromatic rings. The van der Waals surface area contributed by atoms with Gasteiger partial charge >= 0.3 is 0 Å². The minimum Gasteiger partial charge on any atom is -0.371 e. The largest absolute Gasteiger partial charge is 0.371 e. The maximum absolute atomic E-state index is 11.1. The van der Waals surface area contributed by atoms with E-state index in [0.29, 0.717) is 13.2 Å². The van der Waals surface area contributed by atoms with Gasteiger partial charge in [0.2, 0.25) is 10.0 Å². The predicted molar refractivity (Wildman–Crippen MR) is 83.2 cm³/mol. The number of nitrogens with one attached hydrogen (secondary N) is 1. The number of hydrogen-bond donors (Lipinski definition) is 1. The van der Waals surface area contributed by atoms with Crippen LogP contribution in [0.4, 0.5) is 5.82 Å². The summed E-state index contributed by atoms with van der Waals surface area (Å²) in [6, 6.07) is 3.94. The molecule has 7 nitrogen and oxygen atoms in total. The van der Waals surface area contributed by atoms with Crippen LogP contribution in [0.3, 0.4) is 0 Å². The van der Waals surface area contributed by atoms with Crippen molar-refractivity contribution in [2.75, 3.05) is 37.4 Å². The van der Waals surface area contributed by atoms with Gasteiger partial charge in [0.1, 0.15) is 5.60 Å². The second-order valence-electron chi connectivity index (χ2n) is 6.41. The van der Waals surface area contributed by atoms with Crippen LogP contribution in [-0.2, 0) is 14.8 Å². The summed E-state index contributed by atoms with van der Waals surface area (Å²) in [4.78, 5) is 2.17. The number of nitrogens with zero attached hydrogens (tertiary/aromatic N) is 3. The first kappa shape index (κ1) is 15.6. The Labute approximate surface area is 131 Å². The Bertz CT molecular complexity index is 616. The normalized spacial score (nSPS) is 24.3. The molecule has 2 aliphatic heterocycles. The summed E-state index contributed by atoms with van der Waals surface area (Å²) in [5.74, 6) is 1.15. The molecule has 22 heavy (non-hydrogen) atoms. The summed E-state index contributed by atoms with van der Waals surface area (Å²) in [6.45, 7) is 4.65. The van der Waals surface area contributed by atoms with E-state index in [-0.39, 0.29) is 11.5 Å². The van der Waals surface area contributed by atoms with Crippen molar-refractivity contribution < 1.29 is 13.2 Å². The molecule has 0 saturated carbocycles. The van der Waals surface area contributed by atoms with Crippen molar-refractivity contribution in [3.05, 3.63) is 17.8 Å². The monoisotopic (exact) mass is 326 g/mol. The first-order valence-corrected chi connectivity index (χ1v) is 9.38. The highest BCUT2D eigenvalue weighted by Crippen LogP contribution is 2.37. The Kier molecular flexibility index (Phi) is 4.09. The van der Waals surface area contributed by atoms with E-state index < -0.39 is 10.0 Å². The Morgan fingerprint density at radius 1 is 1.41 bits per heavy atom. The van der Waals surface area contributed by atoms with Crippen LogP contribution < -0.4 is 9.62 Å². The van der Waals surface area contributed by atoms with Gasteiger partial charge in [-0.25, -0.2) is 13.1 Å². The van der Waals surface area contributed by atoms with E-state index in [2.05, 4.69) is 19.8 Å². The maximum Gasteiger partial charge on any atom is 0.208 e. The van der Waals surface area contributed by atoms with Gasteiger partial charge in [-0.15, -0.1) is 5.10 Å². The molecule has 1 N–H and O–H groups in total. The molecule has 122 valence electrons. The second-order valence-corrected chi connectivity index (χ2v) is 8.24. The van der Waals surface area contributed by atoms with E-state index >= 15 is 0 Å². The maximum atomic E-state index is 11.1. The third-order valence-electron chi connectivity index (χ3n) is 4.33. The molecular formula is C14H22N4O3S. The van der Waals surface area contributed by atoms with Crippen molar-refractivity contribution in [2.24, 2.45) is 5.92 Å². The average Bonchev–Trinajstić information content (AvgIpc) is 2.44. The molecule has 8 heteroatoms. The van der Waals surface area contributed by atoms with Crippen LogP contribution in [0.2, 0.25) is 0 Å². The third-order valence-corrected chi connectivity index (χ3v) is 5.02. The van der Waals surface area contributed by atoms with Gasteiger partial charge < -0.3 is 9.64 Å². The van der Waals surface area contributed by atoms with Crippen LogP contribution >= 0.6 is 0 Å². The summed E-state index contributed by atoms with van der Waals surface area (Å²) in [6.07, 6.45) is 3.12. The van der Waals surface area contributed by atoms with Crippen molar-refractivity contribution >= 4 is 15.8 Å². The minimum atomic E-state index is -3.12. The molecular weight excluding hydrogens is 304 g/mol. The lowest BCUT2D eigenvalue weighted by atomic mass is 9.83. The fraction of sp³-hybridized carbons (Fsp3) is 0.714. The molecule has 0 aromatic carbocycles. The van der Waals surface area contributed by atoms with Crippen LogP contribution in [-0.4, -0.2) is 56.7 Å². The van der Waals surface area contributed by atoms with Crippen LogP contribution in [0.1, 0.15) is 18.5 Å². The molecule has 1 spiro atoms. The molecule has 1 aromatic heterocycles. The summed E-state index contributed by atoms with van der Waals surface area (Å²) in [5.41, 5.74) is 0.822. The fourth-order valence-corrected chi connectivity index (χ4v) is 3.51. The zero-order chi connectivity index (χ0) is 15.8. The second kappa shape index (κ2) is 5.75. The van der Waals surface area contributed by atoms with Crippen molar-refractivity contribution in [3.8, 4) is 0 Å². The smallest absolute Gasteiger partial charge is 0.208 e. The van der Waals surface area contributed by atoms with Crippen LogP contribution in [0.5, 0.6) is 0 Å². The molecule has 0 bridgehead atoms. The van der Waals surface area contributed by atoms with E-state index in [1.165, 1.54) is 6.26 Å². The molecule has 2 aliphatic rings. The summed E-state index contributed by atoms with van der Waals surface area (Å²) >= 11 is 0. The number of hydrogen-bond acceptors (Lipinski definition) is 6. The minimum absolute atomic E-state index is 0.0891. The number of aryl methyl sites for hydroxylation is 1. The number of anilines is 1. The molecule has 3 rings (SSSR count). The van der Waals surface area contributed by atoms with Crippen LogP contribution in [0.15, 0.2) is 12.1 Å². The zero-order valence-electron chi connectivity index (χ0n) is 12.9. The van der Waals surface area contributed by atoms with E-state index in [4.69, 9.17) is 4.74 Å². The summed E-state index contributed by atoms with van der Waals surface area (Å²) < 4.78 is 30.8. The Morgan fingerprint density at radius 2 is 2.18 bits per heavy atom. The van der Waals surface area contributed by atoms with Crippen molar-refractivity contribution in [1.82, 2.24) is 14.9 Å². The highest BCUT2D eigenvalue weighted by Gasteiger charge is 2.47. The van der Waals surface area contributed by atoms with Gasteiger partial charge in [-0.2, -0.15) is 5.10 Å². The van der Waals surface area contributed by atoms with Gasteiger partial charge in [0.25, 0.3) is 0 Å². The quantitative estimate of drug-likeness (QED) is 0.858. The molecule has 2 fully saturated rings. The van der Waals surface area contributed by atoms with E-state index in [0.717, 1.165) is 37.4 Å². The Morgan fingerprint density at radius 3 is 2.73 bits per heavy atom. The standard InChI is InChI=1S/C14H22N4O3S/c1-11-3-4-13(17-16-11)18-9-14(10-18)6-5-12(8-21-14)7-15-22(2,19)20/h3-4,12,15H,5-10H2,1-2H3/t12-/m1/s1. The number of sulfonamides is 1. The SMILES string of the molecule is Cc1ccc(N2CC3(CC[C@H](CNS(C)(=O)=O)CO3)C2)nn1. The lowest BCUT2D eigenvalue weighted by molar-refractivity contribution is -0.114. The zero-order valence-corrected chi connectivity index (χ0v) is 13.8. The van der Waals surface area contributed by atoms with E-state index in [9.17, 15) is 8.42 Å². The number of rotatable bonds is 4. The molecule has 0 aliphatic carbocycles. The van der Waals surface area contributed by atoms with Crippen molar-refractivity contribution in [1.29, 1.82) is 0 Å². The number of ether oxygens (including phenoxy) is 1. The number of aromatic nitrogens is 2. The Hall–Kier alpha value is -1.25. The topological polar surface area (TPSA) is 84.4 Å². The first-order valence-electron chi connectivity index (χ1n) is 7.49. The van der Waals surface area contributed by atoms with Gasteiger partial charge in [-0.1, -0.05) is 0 Å². The fourth-order valence-electron chi connectivity index (χ4n) is 2.97. The highest BCUT2D eigenvalue weighted by atomic mass is 32.2. The third kappa shape index (κ3) is 3.56. The van der Waals surface area contributed by atoms with Gasteiger partial charge in [0, 0.05) is 6.54 Å². The van der Waals surface area contributed by atoms with Gasteiger partial charge in [0.05, 0.1) is 31.6 Å². The van der Waals surface area contributed by atoms with Crippen LogP contribution in [0.25, 0.3) is 0 Å². The lowest BCUT2D eigenvalue weighted by Gasteiger charge is -2.53. The highest BCUT2D eigenvalue weighted by molar-refractivity contribution is 7.88. The molecule has 0 amide bonds. The van der Waals surface area contributed by atoms with E-state index in [1.807, 2.05) is 19.1 Å². The average molecular weight is 326 g/mol. The van der Waals surface area contributed by atoms with Crippen molar-refractivity contribution in [3.63, 3.8) is 0 Å². The van der Waals surface area contributed by atoms with Crippen LogP contribution in [0, 0.1) is 12.8 Å². The molecule has 0 unspecified atom stereocenters. The molecule has 3 heterocycles. The predicted octanol–water partition coefficient (Wildman–Crippen LogP) is 0.320.